The number of rotatable bonds is 7. The van der Waals surface area contributed by atoms with Crippen LogP contribution in [0, 0.1) is 11.8 Å². The number of aromatic nitrogens is 1. The Labute approximate surface area is 132 Å². The quantitative estimate of drug-likeness (QED) is 0.786. The number of carbonyl (C=O) groups excluding carboxylic acids is 1. The van der Waals surface area contributed by atoms with Crippen LogP contribution in [0.2, 0.25) is 0 Å². The number of likely N-dealkylation sites (N-methyl/N-ethyl adjacent to an activating group) is 1. The number of hydrogen-bond donors (Lipinski definition) is 1. The van der Waals surface area contributed by atoms with Gasteiger partial charge in [-0.25, -0.2) is 0 Å². The topological polar surface area (TPSA) is 57.9 Å². The van der Waals surface area contributed by atoms with Gasteiger partial charge < -0.3 is 24.2 Å². The van der Waals surface area contributed by atoms with Crippen molar-refractivity contribution in [3.63, 3.8) is 0 Å². The second-order valence-electron chi connectivity index (χ2n) is 6.17. The third-order valence-corrected chi connectivity index (χ3v) is 4.48. The van der Waals surface area contributed by atoms with Crippen LogP contribution in [0.25, 0.3) is 0 Å². The Hall–Kier alpha value is -1.37. The lowest BCUT2D eigenvalue weighted by atomic mass is 9.96. The number of carbonyl (C=O) groups is 1. The zero-order valence-corrected chi connectivity index (χ0v) is 13.7. The van der Waals surface area contributed by atoms with E-state index in [1.165, 1.54) is 0 Å². The first kappa shape index (κ1) is 17.0. The van der Waals surface area contributed by atoms with Crippen molar-refractivity contribution >= 4 is 5.91 Å². The molecule has 1 amide bonds. The molecule has 1 aliphatic rings. The Kier molecular flexibility index (Phi) is 5.99. The summed E-state index contributed by atoms with van der Waals surface area (Å²) >= 11 is 0. The van der Waals surface area contributed by atoms with E-state index < -0.39 is 0 Å². The first-order valence-electron chi connectivity index (χ1n) is 7.75. The number of hydrogen-bond acceptors (Lipinski definition) is 4. The van der Waals surface area contributed by atoms with Gasteiger partial charge >= 0.3 is 0 Å². The predicted octanol–water partition coefficient (Wildman–Crippen LogP) is 0.284. The van der Waals surface area contributed by atoms with Crippen LogP contribution in [-0.2, 0) is 11.8 Å². The molecule has 124 valence electrons. The maximum Gasteiger partial charge on any atom is 0.270 e. The molecule has 0 bridgehead atoms. The molecule has 1 fully saturated rings. The zero-order chi connectivity index (χ0) is 16.1. The highest BCUT2D eigenvalue weighted by Crippen LogP contribution is 2.25. The van der Waals surface area contributed by atoms with Crippen molar-refractivity contribution in [3.05, 3.63) is 24.0 Å². The minimum atomic E-state index is 0.0491. The SMILES string of the molecule is COCCN(C)C[C@@H]1CN(C(=O)c2cccn2C)C[C@@H]1CO. The molecular weight excluding hydrogens is 282 g/mol. The third-order valence-electron chi connectivity index (χ3n) is 4.48. The van der Waals surface area contributed by atoms with Crippen molar-refractivity contribution in [3.8, 4) is 0 Å². The van der Waals surface area contributed by atoms with Crippen LogP contribution >= 0.6 is 0 Å². The maximum absolute atomic E-state index is 12.6. The summed E-state index contributed by atoms with van der Waals surface area (Å²) in [5.41, 5.74) is 0.699. The molecule has 6 heteroatoms. The Balaban J connectivity index is 1.97. The number of methoxy groups -OCH3 is 1. The fourth-order valence-corrected chi connectivity index (χ4v) is 3.10. The molecule has 2 heterocycles. The Morgan fingerprint density at radius 2 is 2.18 bits per heavy atom. The van der Waals surface area contributed by atoms with E-state index >= 15 is 0 Å². The summed E-state index contributed by atoms with van der Waals surface area (Å²) < 4.78 is 6.93. The van der Waals surface area contributed by atoms with Crippen LogP contribution in [0.4, 0.5) is 0 Å². The molecule has 0 spiro atoms. The second kappa shape index (κ2) is 7.76. The predicted molar refractivity (Wildman–Crippen MR) is 84.8 cm³/mol. The number of amides is 1. The number of aliphatic hydroxyl groups is 1. The van der Waals surface area contributed by atoms with Gasteiger partial charge in [-0.3, -0.25) is 4.79 Å². The van der Waals surface area contributed by atoms with E-state index in [1.54, 1.807) is 7.11 Å². The summed E-state index contributed by atoms with van der Waals surface area (Å²) in [4.78, 5) is 16.7. The molecule has 1 aromatic rings. The molecule has 1 aromatic heterocycles. The van der Waals surface area contributed by atoms with Crippen molar-refractivity contribution in [2.75, 3.05) is 53.6 Å². The summed E-state index contributed by atoms with van der Waals surface area (Å²) in [7, 11) is 5.62. The van der Waals surface area contributed by atoms with Gasteiger partial charge in [0.2, 0.25) is 0 Å². The minimum absolute atomic E-state index is 0.0491. The van der Waals surface area contributed by atoms with E-state index in [2.05, 4.69) is 11.9 Å². The van der Waals surface area contributed by atoms with Gasteiger partial charge in [0.25, 0.3) is 5.91 Å². The molecule has 2 atom stereocenters. The fraction of sp³-hybridized carbons (Fsp3) is 0.688. The van der Waals surface area contributed by atoms with Crippen LogP contribution in [0.15, 0.2) is 18.3 Å². The van der Waals surface area contributed by atoms with Gasteiger partial charge in [0, 0.05) is 59.1 Å². The normalized spacial score (nSPS) is 21.8. The summed E-state index contributed by atoms with van der Waals surface area (Å²) in [5.74, 6) is 0.498. The number of nitrogens with zero attached hydrogens (tertiary/aromatic N) is 3. The first-order valence-corrected chi connectivity index (χ1v) is 7.75. The monoisotopic (exact) mass is 309 g/mol. The number of likely N-dealkylation sites (tertiary alicyclic amines) is 1. The summed E-state index contributed by atoms with van der Waals surface area (Å²) in [6.07, 6.45) is 1.88. The number of aryl methyl sites for hydroxylation is 1. The first-order chi connectivity index (χ1) is 10.6. The lowest BCUT2D eigenvalue weighted by Gasteiger charge is -2.23. The van der Waals surface area contributed by atoms with Gasteiger partial charge in [0.05, 0.1) is 6.61 Å². The molecule has 0 aliphatic carbocycles. The smallest absolute Gasteiger partial charge is 0.270 e. The van der Waals surface area contributed by atoms with Gasteiger partial charge in [-0.05, 0) is 25.1 Å². The highest BCUT2D eigenvalue weighted by molar-refractivity contribution is 5.93. The lowest BCUT2D eigenvalue weighted by Crippen LogP contribution is -2.34. The van der Waals surface area contributed by atoms with Crippen molar-refractivity contribution in [1.82, 2.24) is 14.4 Å². The van der Waals surface area contributed by atoms with Crippen LogP contribution in [-0.4, -0.2) is 78.9 Å². The van der Waals surface area contributed by atoms with E-state index in [-0.39, 0.29) is 18.4 Å². The number of ether oxygens (including phenoxy) is 1. The van der Waals surface area contributed by atoms with Gasteiger partial charge in [-0.2, -0.15) is 0 Å². The fourth-order valence-electron chi connectivity index (χ4n) is 3.10. The van der Waals surface area contributed by atoms with Crippen LogP contribution in [0.1, 0.15) is 10.5 Å². The van der Waals surface area contributed by atoms with E-state index in [9.17, 15) is 9.90 Å². The maximum atomic E-state index is 12.6. The van der Waals surface area contributed by atoms with Crippen LogP contribution < -0.4 is 0 Å². The van der Waals surface area contributed by atoms with Gasteiger partial charge in [0.1, 0.15) is 5.69 Å². The lowest BCUT2D eigenvalue weighted by molar-refractivity contribution is 0.0769. The van der Waals surface area contributed by atoms with E-state index in [1.807, 2.05) is 34.8 Å². The minimum Gasteiger partial charge on any atom is -0.396 e. The molecule has 22 heavy (non-hydrogen) atoms. The van der Waals surface area contributed by atoms with Crippen LogP contribution in [0.3, 0.4) is 0 Å². The molecule has 1 aliphatic heterocycles. The van der Waals surface area contributed by atoms with E-state index in [4.69, 9.17) is 4.74 Å². The van der Waals surface area contributed by atoms with Gasteiger partial charge in [-0.1, -0.05) is 0 Å². The summed E-state index contributed by atoms with van der Waals surface area (Å²) in [5, 5.41) is 9.62. The van der Waals surface area contributed by atoms with E-state index in [0.29, 0.717) is 31.3 Å². The summed E-state index contributed by atoms with van der Waals surface area (Å²) in [6.45, 7) is 3.87. The van der Waals surface area contributed by atoms with E-state index in [0.717, 1.165) is 13.1 Å². The average Bonchev–Trinajstić information content (AvgIpc) is 3.10. The number of aliphatic hydroxyl groups excluding tert-OH is 1. The van der Waals surface area contributed by atoms with Crippen molar-refractivity contribution in [2.24, 2.45) is 18.9 Å². The Morgan fingerprint density at radius 1 is 1.45 bits per heavy atom. The zero-order valence-electron chi connectivity index (χ0n) is 13.7. The Morgan fingerprint density at radius 3 is 2.77 bits per heavy atom. The van der Waals surface area contributed by atoms with Gasteiger partial charge in [0.15, 0.2) is 0 Å². The molecular formula is C16H27N3O3. The van der Waals surface area contributed by atoms with Crippen molar-refractivity contribution < 1.29 is 14.6 Å². The molecule has 0 aromatic carbocycles. The molecule has 0 unspecified atom stereocenters. The molecule has 6 nitrogen and oxygen atoms in total. The molecule has 0 radical (unpaired) electrons. The molecule has 0 saturated carbocycles. The molecule has 2 rings (SSSR count). The third kappa shape index (κ3) is 3.88. The highest BCUT2D eigenvalue weighted by atomic mass is 16.5. The Bertz CT molecular complexity index is 489. The molecule has 1 N–H and O–H groups in total. The van der Waals surface area contributed by atoms with Crippen molar-refractivity contribution in [1.29, 1.82) is 0 Å². The van der Waals surface area contributed by atoms with Crippen LogP contribution in [0.5, 0.6) is 0 Å². The largest absolute Gasteiger partial charge is 0.396 e. The average molecular weight is 309 g/mol. The second-order valence-corrected chi connectivity index (χ2v) is 6.17. The van der Waals surface area contributed by atoms with Gasteiger partial charge in [-0.15, -0.1) is 0 Å². The summed E-state index contributed by atoms with van der Waals surface area (Å²) in [6, 6.07) is 3.72. The van der Waals surface area contributed by atoms with Crippen molar-refractivity contribution in [2.45, 2.75) is 0 Å². The highest BCUT2D eigenvalue weighted by Gasteiger charge is 2.36. The molecule has 1 saturated heterocycles. The standard InChI is InChI=1S/C16H27N3O3/c1-17(7-8-22-3)9-13-10-19(11-14(13)12-20)16(21)15-5-4-6-18(15)2/h4-6,13-14,20H,7-12H2,1-3H3/t13-,14-/m1/s1.